The fourth-order valence-electron chi connectivity index (χ4n) is 1.47. The van der Waals surface area contributed by atoms with E-state index >= 15 is 0 Å². The Kier molecular flexibility index (Phi) is 6.08. The molecule has 7 heteroatoms. The molecule has 1 unspecified atom stereocenters. The van der Waals surface area contributed by atoms with Gasteiger partial charge in [0.25, 0.3) is 0 Å². The van der Waals surface area contributed by atoms with E-state index in [1.165, 1.54) is 18.2 Å². The summed E-state index contributed by atoms with van der Waals surface area (Å²) in [5.41, 5.74) is 0. The van der Waals surface area contributed by atoms with Crippen molar-refractivity contribution < 1.29 is 17.5 Å². The number of hydrogen-bond acceptors (Lipinski definition) is 3. The van der Waals surface area contributed by atoms with E-state index in [2.05, 4.69) is 15.9 Å². The van der Waals surface area contributed by atoms with Gasteiger partial charge in [-0.25, -0.2) is 12.8 Å². The van der Waals surface area contributed by atoms with Crippen molar-refractivity contribution in [2.24, 2.45) is 11.8 Å². The average Bonchev–Trinajstić information content (AvgIpc) is 2.26. The monoisotopic (exact) mass is 372 g/mol. The zero-order valence-corrected chi connectivity index (χ0v) is 13.7. The molecule has 0 saturated heterocycles. The third-order valence-corrected chi connectivity index (χ3v) is 4.56. The predicted molar refractivity (Wildman–Crippen MR) is 77.6 cm³/mol. The third kappa shape index (κ3) is 6.10. The molecule has 0 amide bonds. The van der Waals surface area contributed by atoms with Crippen molar-refractivity contribution >= 4 is 35.7 Å². The SMILES string of the molecule is CC(C)C(COc1cc(F)ccc1Br)CS(=O)(=O)Cl. The normalized spacial score (nSPS) is 13.6. The van der Waals surface area contributed by atoms with Crippen molar-refractivity contribution in [2.75, 3.05) is 12.4 Å². The highest BCUT2D eigenvalue weighted by Gasteiger charge is 2.21. The summed E-state index contributed by atoms with van der Waals surface area (Å²) in [4.78, 5) is 0. The summed E-state index contributed by atoms with van der Waals surface area (Å²) < 4.78 is 41.4. The van der Waals surface area contributed by atoms with Crippen LogP contribution in [0.4, 0.5) is 4.39 Å². The fraction of sp³-hybridized carbons (Fsp3) is 0.500. The minimum absolute atomic E-state index is 0.0841. The topological polar surface area (TPSA) is 43.4 Å². The van der Waals surface area contributed by atoms with E-state index in [4.69, 9.17) is 15.4 Å². The Morgan fingerprint density at radius 1 is 1.42 bits per heavy atom. The minimum Gasteiger partial charge on any atom is -0.492 e. The molecule has 0 fully saturated rings. The number of rotatable bonds is 6. The van der Waals surface area contributed by atoms with Crippen LogP contribution < -0.4 is 4.74 Å². The second-order valence-electron chi connectivity index (χ2n) is 4.60. The van der Waals surface area contributed by atoms with Gasteiger partial charge in [0.05, 0.1) is 16.8 Å². The van der Waals surface area contributed by atoms with Crippen LogP contribution in [0.25, 0.3) is 0 Å². The van der Waals surface area contributed by atoms with E-state index in [0.29, 0.717) is 10.2 Å². The summed E-state index contributed by atoms with van der Waals surface area (Å²) in [6, 6.07) is 4.09. The van der Waals surface area contributed by atoms with Crippen molar-refractivity contribution in [1.29, 1.82) is 0 Å². The summed E-state index contributed by atoms with van der Waals surface area (Å²) in [7, 11) is 1.67. The van der Waals surface area contributed by atoms with Gasteiger partial charge in [-0.3, -0.25) is 0 Å². The highest BCUT2D eigenvalue weighted by atomic mass is 79.9. The largest absolute Gasteiger partial charge is 0.492 e. The van der Waals surface area contributed by atoms with Crippen LogP contribution >= 0.6 is 26.6 Å². The van der Waals surface area contributed by atoms with Crippen molar-refractivity contribution in [3.63, 3.8) is 0 Å². The average molecular weight is 374 g/mol. The Bertz CT molecular complexity index is 534. The Morgan fingerprint density at radius 3 is 2.58 bits per heavy atom. The number of benzene rings is 1. The smallest absolute Gasteiger partial charge is 0.233 e. The van der Waals surface area contributed by atoms with Crippen LogP contribution in [0.3, 0.4) is 0 Å². The molecular weight excluding hydrogens is 359 g/mol. The minimum atomic E-state index is -3.58. The molecule has 0 bridgehead atoms. The van der Waals surface area contributed by atoms with Crippen LogP contribution in [-0.4, -0.2) is 20.8 Å². The lowest BCUT2D eigenvalue weighted by Crippen LogP contribution is -2.24. The quantitative estimate of drug-likeness (QED) is 0.712. The molecule has 0 saturated carbocycles. The van der Waals surface area contributed by atoms with E-state index in [-0.39, 0.29) is 24.2 Å². The van der Waals surface area contributed by atoms with Gasteiger partial charge in [-0.2, -0.15) is 0 Å². The van der Waals surface area contributed by atoms with Crippen molar-refractivity contribution in [3.05, 3.63) is 28.5 Å². The zero-order valence-electron chi connectivity index (χ0n) is 10.6. The van der Waals surface area contributed by atoms with Crippen LogP contribution in [0.2, 0.25) is 0 Å². The van der Waals surface area contributed by atoms with Gasteiger partial charge in [-0.15, -0.1) is 0 Å². The van der Waals surface area contributed by atoms with Crippen LogP contribution in [0.15, 0.2) is 22.7 Å². The van der Waals surface area contributed by atoms with Gasteiger partial charge in [0, 0.05) is 22.7 Å². The first-order valence-electron chi connectivity index (χ1n) is 5.69. The molecule has 0 radical (unpaired) electrons. The Labute approximate surface area is 125 Å². The van der Waals surface area contributed by atoms with Gasteiger partial charge in [0.1, 0.15) is 11.6 Å². The van der Waals surface area contributed by atoms with Crippen molar-refractivity contribution in [2.45, 2.75) is 13.8 Å². The molecule has 0 heterocycles. The van der Waals surface area contributed by atoms with Gasteiger partial charge < -0.3 is 4.74 Å². The van der Waals surface area contributed by atoms with Crippen LogP contribution in [0.5, 0.6) is 5.75 Å². The van der Waals surface area contributed by atoms with Gasteiger partial charge in [-0.1, -0.05) is 13.8 Å². The maximum atomic E-state index is 13.1. The Balaban J connectivity index is 2.74. The molecule has 0 aliphatic heterocycles. The molecule has 1 atom stereocenters. The van der Waals surface area contributed by atoms with Gasteiger partial charge in [0.15, 0.2) is 0 Å². The van der Waals surface area contributed by atoms with Gasteiger partial charge in [0.2, 0.25) is 9.05 Å². The van der Waals surface area contributed by atoms with Crippen molar-refractivity contribution in [3.8, 4) is 5.75 Å². The lowest BCUT2D eigenvalue weighted by Gasteiger charge is -2.20. The van der Waals surface area contributed by atoms with E-state index < -0.39 is 14.9 Å². The molecule has 0 spiro atoms. The van der Waals surface area contributed by atoms with E-state index in [9.17, 15) is 12.8 Å². The molecule has 0 N–H and O–H groups in total. The van der Waals surface area contributed by atoms with E-state index in [0.717, 1.165) is 0 Å². The molecule has 1 aromatic rings. The van der Waals surface area contributed by atoms with Gasteiger partial charge >= 0.3 is 0 Å². The first-order valence-corrected chi connectivity index (χ1v) is 8.96. The first kappa shape index (κ1) is 16.7. The molecule has 3 nitrogen and oxygen atoms in total. The molecule has 19 heavy (non-hydrogen) atoms. The number of halogens is 3. The summed E-state index contributed by atoms with van der Waals surface area (Å²) in [6.07, 6.45) is 0. The van der Waals surface area contributed by atoms with E-state index in [1.54, 1.807) is 0 Å². The fourth-order valence-corrected chi connectivity index (χ4v) is 3.31. The maximum absolute atomic E-state index is 13.1. The molecule has 0 aliphatic rings. The van der Waals surface area contributed by atoms with Crippen LogP contribution in [-0.2, 0) is 9.05 Å². The van der Waals surface area contributed by atoms with Gasteiger partial charge in [-0.05, 0) is 34.0 Å². The second kappa shape index (κ2) is 6.90. The predicted octanol–water partition coefficient (Wildman–Crippen LogP) is 3.81. The molecule has 0 aliphatic carbocycles. The summed E-state index contributed by atoms with van der Waals surface area (Å²) in [6.45, 7) is 3.93. The highest BCUT2D eigenvalue weighted by molar-refractivity contribution is 9.10. The Morgan fingerprint density at radius 2 is 2.05 bits per heavy atom. The first-order chi connectivity index (χ1) is 8.69. The van der Waals surface area contributed by atoms with E-state index in [1.807, 2.05) is 13.8 Å². The molecule has 0 aromatic heterocycles. The summed E-state index contributed by atoms with van der Waals surface area (Å²) >= 11 is 3.24. The second-order valence-corrected chi connectivity index (χ2v) is 8.27. The number of ether oxygens (including phenoxy) is 1. The third-order valence-electron chi connectivity index (χ3n) is 2.70. The van der Waals surface area contributed by atoms with Crippen LogP contribution in [0, 0.1) is 17.7 Å². The lowest BCUT2D eigenvalue weighted by atomic mass is 9.99. The molecule has 108 valence electrons. The Hall–Kier alpha value is -0.330. The van der Waals surface area contributed by atoms with Crippen LogP contribution in [0.1, 0.15) is 13.8 Å². The standard InChI is InChI=1S/C12H15BrClFO3S/c1-8(2)9(7-19(14,16)17)6-18-12-5-10(15)3-4-11(12)13/h3-5,8-9H,6-7H2,1-2H3. The summed E-state index contributed by atoms with van der Waals surface area (Å²) in [5, 5.41) is 0. The summed E-state index contributed by atoms with van der Waals surface area (Å²) in [5.74, 6) is -0.403. The molecular formula is C12H15BrClFO3S. The molecule has 1 rings (SSSR count). The maximum Gasteiger partial charge on any atom is 0.233 e. The van der Waals surface area contributed by atoms with Crippen molar-refractivity contribution in [1.82, 2.24) is 0 Å². The molecule has 1 aromatic carbocycles. The highest BCUT2D eigenvalue weighted by Crippen LogP contribution is 2.27. The number of hydrogen-bond donors (Lipinski definition) is 0. The lowest BCUT2D eigenvalue weighted by molar-refractivity contribution is 0.223. The zero-order chi connectivity index (χ0) is 14.6.